The van der Waals surface area contributed by atoms with Crippen molar-refractivity contribution in [2.75, 3.05) is 0 Å². The van der Waals surface area contributed by atoms with Gasteiger partial charge in [-0.3, -0.25) is 0 Å². The Morgan fingerprint density at radius 3 is 2.07 bits per heavy atom. The van der Waals surface area contributed by atoms with Crippen molar-refractivity contribution in [3.8, 4) is 0 Å². The zero-order chi connectivity index (χ0) is 11.5. The molecule has 0 saturated heterocycles. The summed E-state index contributed by atoms with van der Waals surface area (Å²) >= 11 is 16.7. The van der Waals surface area contributed by atoms with Gasteiger partial charge < -0.3 is 5.11 Å². The fraction of sp³-hybridized carbons (Fsp3) is 0.273. The second-order valence-electron chi connectivity index (χ2n) is 3.39. The van der Waals surface area contributed by atoms with Crippen LogP contribution in [0.3, 0.4) is 0 Å². The van der Waals surface area contributed by atoms with Crippen molar-refractivity contribution in [1.29, 1.82) is 0 Å². The van der Waals surface area contributed by atoms with Crippen LogP contribution in [0, 0.1) is 0 Å². The summed E-state index contributed by atoms with van der Waals surface area (Å²) in [6.07, 6.45) is 2.81. The second-order valence-corrected chi connectivity index (χ2v) is 5.76. The van der Waals surface area contributed by atoms with Crippen LogP contribution in [0.1, 0.15) is 12.5 Å². The first kappa shape index (κ1) is 12.9. The normalized spacial score (nSPS) is 16.6. The molecule has 0 fully saturated rings. The van der Waals surface area contributed by atoms with Gasteiger partial charge in [-0.25, -0.2) is 0 Å². The molecule has 1 N–H and O–H groups in total. The quantitative estimate of drug-likeness (QED) is 0.637. The summed E-state index contributed by atoms with van der Waals surface area (Å²) in [5.74, 6) is 0. The minimum Gasteiger partial charge on any atom is -0.381 e. The zero-order valence-electron chi connectivity index (χ0n) is 8.12. The minimum absolute atomic E-state index is 0.746. The lowest BCUT2D eigenvalue weighted by molar-refractivity contribution is 0.111. The van der Waals surface area contributed by atoms with Crippen LogP contribution >= 0.6 is 34.8 Å². The van der Waals surface area contributed by atoms with Crippen LogP contribution in [0.5, 0.6) is 0 Å². The van der Waals surface area contributed by atoms with Gasteiger partial charge in [0, 0.05) is 0 Å². The van der Waals surface area contributed by atoms with Crippen LogP contribution in [0.4, 0.5) is 0 Å². The molecule has 0 aliphatic carbocycles. The van der Waals surface area contributed by atoms with Crippen LogP contribution in [-0.2, 0) is 5.60 Å². The van der Waals surface area contributed by atoms with Crippen molar-refractivity contribution in [1.82, 2.24) is 0 Å². The first-order chi connectivity index (χ1) is 6.81. The lowest BCUT2D eigenvalue weighted by Gasteiger charge is -2.20. The SMILES string of the molecule is CC(O)(/C=C/C(Cl)(Cl)Cl)c1ccccc1. The third-order valence-corrected chi connectivity index (χ3v) is 2.33. The van der Waals surface area contributed by atoms with Gasteiger partial charge in [-0.05, 0) is 24.6 Å². The van der Waals surface area contributed by atoms with E-state index in [2.05, 4.69) is 0 Å². The summed E-state index contributed by atoms with van der Waals surface area (Å²) in [6.45, 7) is 1.63. The summed E-state index contributed by atoms with van der Waals surface area (Å²) < 4.78 is -1.49. The fourth-order valence-corrected chi connectivity index (χ4v) is 1.32. The molecular weight excluding hydrogens is 254 g/mol. The number of alkyl halides is 3. The summed E-state index contributed by atoms with van der Waals surface area (Å²) in [5.41, 5.74) is -0.388. The summed E-state index contributed by atoms with van der Waals surface area (Å²) in [4.78, 5) is 0. The molecule has 0 saturated carbocycles. The van der Waals surface area contributed by atoms with Crippen molar-refractivity contribution >= 4 is 34.8 Å². The Morgan fingerprint density at radius 1 is 1.07 bits per heavy atom. The van der Waals surface area contributed by atoms with Crippen LogP contribution in [0.25, 0.3) is 0 Å². The molecule has 4 heteroatoms. The van der Waals surface area contributed by atoms with E-state index < -0.39 is 9.39 Å². The highest BCUT2D eigenvalue weighted by Gasteiger charge is 2.22. The molecular formula is C11H11Cl3O. The second kappa shape index (κ2) is 4.75. The van der Waals surface area contributed by atoms with Crippen molar-refractivity contribution in [2.24, 2.45) is 0 Å². The average Bonchev–Trinajstić information content (AvgIpc) is 2.16. The third-order valence-electron chi connectivity index (χ3n) is 1.96. The molecule has 0 radical (unpaired) electrons. The molecule has 0 heterocycles. The largest absolute Gasteiger partial charge is 0.381 e. The molecule has 15 heavy (non-hydrogen) atoms. The Hall–Kier alpha value is -0.210. The number of benzene rings is 1. The number of rotatable bonds is 2. The highest BCUT2D eigenvalue weighted by atomic mass is 35.6. The van der Waals surface area contributed by atoms with Gasteiger partial charge >= 0.3 is 0 Å². The Kier molecular flexibility index (Phi) is 4.07. The van der Waals surface area contributed by atoms with E-state index in [1.807, 2.05) is 30.3 Å². The molecule has 0 bridgehead atoms. The Bertz CT molecular complexity index is 339. The van der Waals surface area contributed by atoms with Crippen LogP contribution in [0.2, 0.25) is 0 Å². The summed E-state index contributed by atoms with van der Waals surface area (Å²) in [6, 6.07) is 9.17. The van der Waals surface area contributed by atoms with E-state index >= 15 is 0 Å². The van der Waals surface area contributed by atoms with Crippen LogP contribution in [-0.4, -0.2) is 8.90 Å². The topological polar surface area (TPSA) is 20.2 Å². The van der Waals surface area contributed by atoms with Gasteiger partial charge in [-0.15, -0.1) is 0 Å². The van der Waals surface area contributed by atoms with Gasteiger partial charge in [0.1, 0.15) is 5.60 Å². The van der Waals surface area contributed by atoms with Gasteiger partial charge in [-0.2, -0.15) is 0 Å². The molecule has 0 amide bonds. The predicted octanol–water partition coefficient (Wildman–Crippen LogP) is 3.82. The molecule has 0 spiro atoms. The molecule has 0 aliphatic heterocycles. The van der Waals surface area contributed by atoms with E-state index in [9.17, 15) is 5.11 Å². The lowest BCUT2D eigenvalue weighted by Crippen LogP contribution is -2.18. The van der Waals surface area contributed by atoms with E-state index in [1.54, 1.807) is 6.92 Å². The van der Waals surface area contributed by atoms with Gasteiger partial charge in [0.05, 0.1) is 0 Å². The molecule has 1 nitrogen and oxygen atoms in total. The highest BCUT2D eigenvalue weighted by molar-refractivity contribution is 6.68. The zero-order valence-corrected chi connectivity index (χ0v) is 10.4. The van der Waals surface area contributed by atoms with E-state index in [-0.39, 0.29) is 0 Å². The molecule has 1 rings (SSSR count). The Balaban J connectivity index is 2.90. The van der Waals surface area contributed by atoms with E-state index in [4.69, 9.17) is 34.8 Å². The van der Waals surface area contributed by atoms with Crippen molar-refractivity contribution in [3.63, 3.8) is 0 Å². The number of allylic oxidation sites excluding steroid dienone is 1. The number of halogens is 3. The first-order valence-corrected chi connectivity index (χ1v) is 5.50. The van der Waals surface area contributed by atoms with Crippen LogP contribution < -0.4 is 0 Å². The van der Waals surface area contributed by atoms with E-state index in [1.165, 1.54) is 12.2 Å². The summed E-state index contributed by atoms with van der Waals surface area (Å²) in [5, 5.41) is 10.1. The standard InChI is InChI=1S/C11H11Cl3O/c1-10(15,7-8-11(12,13)14)9-5-3-2-4-6-9/h2-8,15H,1H3/b8-7+. The Morgan fingerprint density at radius 2 is 1.60 bits per heavy atom. The van der Waals surface area contributed by atoms with Gasteiger partial charge in [0.2, 0.25) is 3.79 Å². The lowest BCUT2D eigenvalue weighted by atomic mass is 9.96. The van der Waals surface area contributed by atoms with Crippen molar-refractivity contribution in [3.05, 3.63) is 48.0 Å². The monoisotopic (exact) mass is 264 g/mol. The molecule has 82 valence electrons. The maximum atomic E-state index is 10.1. The van der Waals surface area contributed by atoms with Gasteiger partial charge in [0.15, 0.2) is 0 Å². The summed E-state index contributed by atoms with van der Waals surface area (Å²) in [7, 11) is 0. The molecule has 1 aromatic carbocycles. The predicted molar refractivity (Wildman–Crippen MR) is 65.4 cm³/mol. The molecule has 0 aliphatic rings. The highest BCUT2D eigenvalue weighted by Crippen LogP contribution is 2.30. The van der Waals surface area contributed by atoms with Gasteiger partial charge in [0.25, 0.3) is 0 Å². The van der Waals surface area contributed by atoms with E-state index in [0.29, 0.717) is 0 Å². The average molecular weight is 266 g/mol. The number of hydrogen-bond acceptors (Lipinski definition) is 1. The van der Waals surface area contributed by atoms with Gasteiger partial charge in [-0.1, -0.05) is 65.1 Å². The third kappa shape index (κ3) is 4.43. The molecule has 1 aromatic rings. The number of aliphatic hydroxyl groups is 1. The van der Waals surface area contributed by atoms with Crippen LogP contribution in [0.15, 0.2) is 42.5 Å². The smallest absolute Gasteiger partial charge is 0.209 e. The maximum absolute atomic E-state index is 10.1. The molecule has 1 unspecified atom stereocenters. The van der Waals surface area contributed by atoms with E-state index in [0.717, 1.165) is 5.56 Å². The van der Waals surface area contributed by atoms with Crippen molar-refractivity contribution < 1.29 is 5.11 Å². The first-order valence-electron chi connectivity index (χ1n) is 4.36. The minimum atomic E-state index is -1.49. The molecule has 1 atom stereocenters. The maximum Gasteiger partial charge on any atom is 0.209 e. The molecule has 0 aromatic heterocycles. The number of hydrogen-bond donors (Lipinski definition) is 1. The van der Waals surface area contributed by atoms with Crippen molar-refractivity contribution in [2.45, 2.75) is 16.3 Å². The Labute approximate surface area is 104 Å². The fourth-order valence-electron chi connectivity index (χ4n) is 1.13.